The van der Waals surface area contributed by atoms with Gasteiger partial charge in [-0.05, 0) is 61.9 Å². The van der Waals surface area contributed by atoms with Crippen molar-refractivity contribution in [3.8, 4) is 0 Å². The average molecular weight is 498 g/mol. The van der Waals surface area contributed by atoms with Crippen molar-refractivity contribution in [2.24, 2.45) is 0 Å². The van der Waals surface area contributed by atoms with Crippen molar-refractivity contribution in [1.29, 1.82) is 0 Å². The topological polar surface area (TPSA) is 93.3 Å². The number of furan rings is 1. The monoisotopic (exact) mass is 497 g/mol. The van der Waals surface area contributed by atoms with E-state index >= 15 is 0 Å². The van der Waals surface area contributed by atoms with Crippen LogP contribution in [0.15, 0.2) is 89.1 Å². The summed E-state index contributed by atoms with van der Waals surface area (Å²) in [6, 6.07) is 19.8. The van der Waals surface area contributed by atoms with Gasteiger partial charge in [0.15, 0.2) is 0 Å². The second kappa shape index (κ2) is 11.7. The van der Waals surface area contributed by atoms with E-state index < -0.39 is 6.04 Å². The van der Waals surface area contributed by atoms with Crippen molar-refractivity contribution in [3.05, 3.63) is 96.0 Å². The average Bonchev–Trinajstić information content (AvgIpc) is 3.61. The number of carbonyl (C=O) groups excluding carboxylic acids is 2. The van der Waals surface area contributed by atoms with Crippen LogP contribution in [0.2, 0.25) is 0 Å². The van der Waals surface area contributed by atoms with Gasteiger partial charge in [0.05, 0.1) is 18.3 Å². The molecule has 8 nitrogen and oxygen atoms in total. The number of hydrogen-bond donors (Lipinski definition) is 1. The molecule has 37 heavy (non-hydrogen) atoms. The Hall–Kier alpha value is -4.20. The van der Waals surface area contributed by atoms with Gasteiger partial charge in [0.1, 0.15) is 23.9 Å². The molecule has 1 N–H and O–H groups in total. The molecule has 0 bridgehead atoms. The SMILES string of the molecule is O=C(NCc1ccco1)C(c1ccccc1)N(CCC1=CCCCC1)C(=O)Cn1nnc2ccccc21. The van der Waals surface area contributed by atoms with Crippen molar-refractivity contribution >= 4 is 22.8 Å². The maximum absolute atomic E-state index is 13.9. The first-order valence-electron chi connectivity index (χ1n) is 12.8. The number of allylic oxidation sites excluding steroid dienone is 1. The third-order valence-corrected chi connectivity index (χ3v) is 6.78. The van der Waals surface area contributed by atoms with Gasteiger partial charge in [-0.15, -0.1) is 5.10 Å². The van der Waals surface area contributed by atoms with E-state index in [4.69, 9.17) is 4.42 Å². The number of aromatic nitrogens is 3. The smallest absolute Gasteiger partial charge is 0.247 e. The van der Waals surface area contributed by atoms with Gasteiger partial charge >= 0.3 is 0 Å². The maximum atomic E-state index is 13.9. The zero-order valence-corrected chi connectivity index (χ0v) is 20.8. The Morgan fingerprint density at radius 1 is 1.03 bits per heavy atom. The number of fused-ring (bicyclic) bond motifs is 1. The minimum absolute atomic E-state index is 0.00560. The maximum Gasteiger partial charge on any atom is 0.247 e. The van der Waals surface area contributed by atoms with E-state index in [1.165, 1.54) is 12.0 Å². The quantitative estimate of drug-likeness (QED) is 0.318. The zero-order valence-electron chi connectivity index (χ0n) is 20.8. The second-order valence-electron chi connectivity index (χ2n) is 9.29. The molecule has 4 aromatic rings. The highest BCUT2D eigenvalue weighted by Crippen LogP contribution is 2.26. The van der Waals surface area contributed by atoms with E-state index in [-0.39, 0.29) is 24.9 Å². The first-order chi connectivity index (χ1) is 18.2. The molecule has 1 aliphatic rings. The Bertz CT molecular complexity index is 1360. The fourth-order valence-corrected chi connectivity index (χ4v) is 4.84. The summed E-state index contributed by atoms with van der Waals surface area (Å²) in [5.74, 6) is 0.213. The molecular weight excluding hydrogens is 466 g/mol. The summed E-state index contributed by atoms with van der Waals surface area (Å²) < 4.78 is 7.00. The lowest BCUT2D eigenvalue weighted by molar-refractivity contribution is -0.141. The molecule has 190 valence electrons. The molecule has 2 aromatic carbocycles. The minimum Gasteiger partial charge on any atom is -0.467 e. The summed E-state index contributed by atoms with van der Waals surface area (Å²) in [4.78, 5) is 29.2. The number of rotatable bonds is 10. The molecule has 1 aliphatic carbocycles. The van der Waals surface area contributed by atoms with Gasteiger partial charge in [0.2, 0.25) is 11.8 Å². The summed E-state index contributed by atoms with van der Waals surface area (Å²) in [5.41, 5.74) is 3.61. The molecule has 2 amide bonds. The number of benzene rings is 2. The third-order valence-electron chi connectivity index (χ3n) is 6.78. The van der Waals surface area contributed by atoms with Crippen LogP contribution in [0.4, 0.5) is 0 Å². The van der Waals surface area contributed by atoms with Crippen LogP contribution in [0.5, 0.6) is 0 Å². The molecule has 5 rings (SSSR count). The highest BCUT2D eigenvalue weighted by atomic mass is 16.3. The van der Waals surface area contributed by atoms with E-state index in [9.17, 15) is 9.59 Å². The highest BCUT2D eigenvalue weighted by Gasteiger charge is 2.32. The standard InChI is InChI=1S/C29H31N5O3/c35-27(21-34-26-16-8-7-15-25(26)31-32-34)33(18-17-22-10-3-1-4-11-22)28(23-12-5-2-6-13-23)29(36)30-20-24-14-9-19-37-24/h2,5-10,12-16,19,28H,1,3-4,11,17-18,20-21H2,(H,30,36). The van der Waals surface area contributed by atoms with Crippen molar-refractivity contribution in [3.63, 3.8) is 0 Å². The van der Waals surface area contributed by atoms with Gasteiger partial charge in [-0.2, -0.15) is 0 Å². The molecule has 1 atom stereocenters. The van der Waals surface area contributed by atoms with Crippen LogP contribution >= 0.6 is 0 Å². The van der Waals surface area contributed by atoms with Crippen molar-refractivity contribution in [1.82, 2.24) is 25.2 Å². The van der Waals surface area contributed by atoms with Crippen LogP contribution in [0.3, 0.4) is 0 Å². The summed E-state index contributed by atoms with van der Waals surface area (Å²) >= 11 is 0. The van der Waals surface area contributed by atoms with Crippen LogP contribution in [-0.4, -0.2) is 38.3 Å². The van der Waals surface area contributed by atoms with E-state index in [2.05, 4.69) is 21.7 Å². The van der Waals surface area contributed by atoms with Gasteiger partial charge in [-0.3, -0.25) is 9.59 Å². The summed E-state index contributed by atoms with van der Waals surface area (Å²) in [7, 11) is 0. The summed E-state index contributed by atoms with van der Waals surface area (Å²) in [6.45, 7) is 0.676. The van der Waals surface area contributed by atoms with Crippen molar-refractivity contribution < 1.29 is 14.0 Å². The number of para-hydroxylation sites is 1. The molecule has 0 aliphatic heterocycles. The van der Waals surface area contributed by atoms with Gasteiger partial charge in [0.25, 0.3) is 0 Å². The molecule has 0 saturated heterocycles. The number of amides is 2. The van der Waals surface area contributed by atoms with Crippen LogP contribution in [0, 0.1) is 0 Å². The lowest BCUT2D eigenvalue weighted by Gasteiger charge is -2.32. The predicted molar refractivity (Wildman–Crippen MR) is 140 cm³/mol. The first-order valence-corrected chi connectivity index (χ1v) is 12.8. The molecule has 2 heterocycles. The Balaban J connectivity index is 1.44. The first kappa shape index (κ1) is 24.5. The van der Waals surface area contributed by atoms with E-state index in [1.54, 1.807) is 21.9 Å². The number of hydrogen-bond acceptors (Lipinski definition) is 5. The lowest BCUT2D eigenvalue weighted by atomic mass is 9.96. The molecule has 2 aromatic heterocycles. The van der Waals surface area contributed by atoms with E-state index in [1.807, 2.05) is 60.7 Å². The van der Waals surface area contributed by atoms with Gasteiger partial charge in [-0.25, -0.2) is 4.68 Å². The second-order valence-corrected chi connectivity index (χ2v) is 9.29. The molecule has 0 radical (unpaired) electrons. The fraction of sp³-hybridized carbons (Fsp3) is 0.310. The van der Waals surface area contributed by atoms with Gasteiger partial charge in [0, 0.05) is 6.54 Å². The lowest BCUT2D eigenvalue weighted by Crippen LogP contribution is -2.45. The predicted octanol–water partition coefficient (Wildman–Crippen LogP) is 4.80. The Morgan fingerprint density at radius 2 is 1.86 bits per heavy atom. The summed E-state index contributed by atoms with van der Waals surface area (Å²) in [6.07, 6.45) is 9.07. The number of nitrogens with one attached hydrogen (secondary N) is 1. The van der Waals surface area contributed by atoms with Crippen molar-refractivity contribution in [2.45, 2.75) is 51.2 Å². The van der Waals surface area contributed by atoms with Gasteiger partial charge in [-0.1, -0.05) is 59.3 Å². The largest absolute Gasteiger partial charge is 0.467 e. The Morgan fingerprint density at radius 3 is 2.65 bits per heavy atom. The van der Waals surface area contributed by atoms with E-state index in [0.29, 0.717) is 12.3 Å². The molecule has 0 fully saturated rings. The molecular formula is C29H31N5O3. The third kappa shape index (κ3) is 5.97. The van der Waals surface area contributed by atoms with Crippen molar-refractivity contribution in [2.75, 3.05) is 6.54 Å². The van der Waals surface area contributed by atoms with Crippen LogP contribution in [-0.2, 0) is 22.7 Å². The Kier molecular flexibility index (Phi) is 7.74. The normalized spacial score (nSPS) is 14.2. The van der Waals surface area contributed by atoms with Gasteiger partial charge < -0.3 is 14.6 Å². The molecule has 0 spiro atoms. The summed E-state index contributed by atoms with van der Waals surface area (Å²) in [5, 5.41) is 11.4. The zero-order chi connectivity index (χ0) is 25.5. The van der Waals surface area contributed by atoms with Crippen LogP contribution in [0.1, 0.15) is 49.5 Å². The molecule has 0 saturated carbocycles. The van der Waals surface area contributed by atoms with Crippen LogP contribution in [0.25, 0.3) is 11.0 Å². The molecule has 1 unspecified atom stereocenters. The number of nitrogens with zero attached hydrogens (tertiary/aromatic N) is 4. The van der Waals surface area contributed by atoms with Crippen LogP contribution < -0.4 is 5.32 Å². The Labute approximate surface area is 215 Å². The number of carbonyl (C=O) groups is 2. The minimum atomic E-state index is -0.789. The molecule has 8 heteroatoms. The highest BCUT2D eigenvalue weighted by molar-refractivity contribution is 5.89. The fourth-order valence-electron chi connectivity index (χ4n) is 4.84. The van der Waals surface area contributed by atoms with E-state index in [0.717, 1.165) is 42.3 Å².